The summed E-state index contributed by atoms with van der Waals surface area (Å²) < 4.78 is 0. The van der Waals surface area contributed by atoms with Crippen LogP contribution < -0.4 is 5.32 Å². The van der Waals surface area contributed by atoms with Crippen molar-refractivity contribution in [3.63, 3.8) is 0 Å². The van der Waals surface area contributed by atoms with Gasteiger partial charge in [-0.1, -0.05) is 43.5 Å². The molecule has 1 nitrogen and oxygen atoms in total. The van der Waals surface area contributed by atoms with Crippen LogP contribution in [-0.4, -0.2) is 0 Å². The molecule has 0 fully saturated rings. The van der Waals surface area contributed by atoms with Gasteiger partial charge in [0.25, 0.3) is 0 Å². The molecule has 0 spiro atoms. The fraction of sp³-hybridized carbons (Fsp3) is 0. The van der Waals surface area contributed by atoms with Crippen LogP contribution in [0.25, 0.3) is 5.70 Å². The Balaban J connectivity index is 2.77. The van der Waals surface area contributed by atoms with E-state index < -0.39 is 0 Å². The SMILES string of the molecule is C=CNC(=C)c1ccccc1. The second-order valence-corrected chi connectivity index (χ2v) is 2.19. The smallest absolute Gasteiger partial charge is 0.0380 e. The molecule has 0 amide bonds. The van der Waals surface area contributed by atoms with Gasteiger partial charge in [0.05, 0.1) is 0 Å². The molecule has 0 aliphatic carbocycles. The molecule has 1 aromatic rings. The molecule has 0 atom stereocenters. The van der Waals surface area contributed by atoms with E-state index in [1.54, 1.807) is 6.20 Å². The highest BCUT2D eigenvalue weighted by molar-refractivity contribution is 5.61. The van der Waals surface area contributed by atoms with E-state index in [1.807, 2.05) is 30.3 Å². The fourth-order valence-electron chi connectivity index (χ4n) is 0.846. The number of nitrogens with one attached hydrogen (secondary N) is 1. The predicted octanol–water partition coefficient (Wildman–Crippen LogP) is 2.39. The van der Waals surface area contributed by atoms with Crippen LogP contribution in [-0.2, 0) is 0 Å². The first-order chi connectivity index (χ1) is 5.34. The van der Waals surface area contributed by atoms with Crippen LogP contribution in [0.4, 0.5) is 0 Å². The van der Waals surface area contributed by atoms with Crippen LogP contribution in [0.15, 0.2) is 49.7 Å². The van der Waals surface area contributed by atoms with Gasteiger partial charge < -0.3 is 5.32 Å². The van der Waals surface area contributed by atoms with Crippen molar-refractivity contribution in [2.45, 2.75) is 0 Å². The summed E-state index contributed by atoms with van der Waals surface area (Å²) in [7, 11) is 0. The zero-order valence-corrected chi connectivity index (χ0v) is 6.38. The van der Waals surface area contributed by atoms with Gasteiger partial charge in [0.15, 0.2) is 0 Å². The van der Waals surface area contributed by atoms with Gasteiger partial charge in [-0.2, -0.15) is 0 Å². The maximum absolute atomic E-state index is 3.83. The van der Waals surface area contributed by atoms with Gasteiger partial charge in [-0.3, -0.25) is 0 Å². The van der Waals surface area contributed by atoms with E-state index in [2.05, 4.69) is 18.5 Å². The fourth-order valence-corrected chi connectivity index (χ4v) is 0.846. The van der Waals surface area contributed by atoms with Crippen molar-refractivity contribution in [1.29, 1.82) is 0 Å². The topological polar surface area (TPSA) is 12.0 Å². The maximum Gasteiger partial charge on any atom is 0.0380 e. The average Bonchev–Trinajstić information content (AvgIpc) is 2.07. The van der Waals surface area contributed by atoms with Crippen LogP contribution in [0.3, 0.4) is 0 Å². The normalized spacial score (nSPS) is 8.73. The summed E-state index contributed by atoms with van der Waals surface area (Å²) in [5.74, 6) is 0. The van der Waals surface area contributed by atoms with Crippen LogP contribution in [0.5, 0.6) is 0 Å². The van der Waals surface area contributed by atoms with Gasteiger partial charge in [0.2, 0.25) is 0 Å². The van der Waals surface area contributed by atoms with E-state index in [-0.39, 0.29) is 0 Å². The lowest BCUT2D eigenvalue weighted by Gasteiger charge is -2.03. The lowest BCUT2D eigenvalue weighted by molar-refractivity contribution is 1.23. The molecule has 0 bridgehead atoms. The first kappa shape index (κ1) is 7.61. The van der Waals surface area contributed by atoms with Crippen molar-refractivity contribution in [2.75, 3.05) is 0 Å². The minimum absolute atomic E-state index is 0.876. The van der Waals surface area contributed by atoms with E-state index in [1.165, 1.54) is 0 Å². The Morgan fingerprint density at radius 1 is 1.27 bits per heavy atom. The number of rotatable bonds is 3. The Bertz CT molecular complexity index is 249. The first-order valence-electron chi connectivity index (χ1n) is 3.46. The molecule has 0 saturated carbocycles. The summed E-state index contributed by atoms with van der Waals surface area (Å²) in [6.45, 7) is 7.39. The lowest BCUT2D eigenvalue weighted by Crippen LogP contribution is -2.00. The Kier molecular flexibility index (Phi) is 2.50. The summed E-state index contributed by atoms with van der Waals surface area (Å²) in [6.07, 6.45) is 1.62. The van der Waals surface area contributed by atoms with Crippen molar-refractivity contribution >= 4 is 5.70 Å². The minimum Gasteiger partial charge on any atom is -0.362 e. The number of benzene rings is 1. The van der Waals surface area contributed by atoms with Crippen LogP contribution >= 0.6 is 0 Å². The van der Waals surface area contributed by atoms with Crippen molar-refractivity contribution in [2.24, 2.45) is 0 Å². The molecule has 56 valence electrons. The second kappa shape index (κ2) is 3.62. The van der Waals surface area contributed by atoms with E-state index in [0.717, 1.165) is 11.3 Å². The van der Waals surface area contributed by atoms with Gasteiger partial charge in [0, 0.05) is 5.70 Å². The highest BCUT2D eigenvalue weighted by atomic mass is 14.8. The molecule has 0 radical (unpaired) electrons. The second-order valence-electron chi connectivity index (χ2n) is 2.19. The summed E-state index contributed by atoms with van der Waals surface area (Å²) in [4.78, 5) is 0. The Labute approximate surface area is 67.1 Å². The van der Waals surface area contributed by atoms with Gasteiger partial charge in [-0.15, -0.1) is 0 Å². The van der Waals surface area contributed by atoms with Crippen molar-refractivity contribution < 1.29 is 0 Å². The molecule has 1 rings (SSSR count). The first-order valence-corrected chi connectivity index (χ1v) is 3.46. The van der Waals surface area contributed by atoms with Gasteiger partial charge >= 0.3 is 0 Å². The lowest BCUT2D eigenvalue weighted by atomic mass is 10.2. The molecule has 0 aliphatic rings. The van der Waals surface area contributed by atoms with Gasteiger partial charge in [0.1, 0.15) is 0 Å². The molecule has 1 N–H and O–H groups in total. The van der Waals surface area contributed by atoms with Crippen LogP contribution in [0.1, 0.15) is 5.56 Å². The van der Waals surface area contributed by atoms with E-state index >= 15 is 0 Å². The number of hydrogen-bond acceptors (Lipinski definition) is 1. The van der Waals surface area contributed by atoms with E-state index in [9.17, 15) is 0 Å². The largest absolute Gasteiger partial charge is 0.362 e. The van der Waals surface area contributed by atoms with Crippen molar-refractivity contribution in [1.82, 2.24) is 5.32 Å². The van der Waals surface area contributed by atoms with Crippen LogP contribution in [0.2, 0.25) is 0 Å². The molecule has 0 saturated heterocycles. The Morgan fingerprint density at radius 3 is 2.45 bits per heavy atom. The quantitative estimate of drug-likeness (QED) is 0.688. The van der Waals surface area contributed by atoms with Crippen molar-refractivity contribution in [3.8, 4) is 0 Å². The van der Waals surface area contributed by atoms with Crippen LogP contribution in [0, 0.1) is 0 Å². The zero-order chi connectivity index (χ0) is 8.10. The third-order valence-corrected chi connectivity index (χ3v) is 1.40. The molecule has 0 heterocycles. The average molecular weight is 145 g/mol. The Hall–Kier alpha value is -1.50. The highest BCUT2D eigenvalue weighted by Crippen LogP contribution is 2.07. The van der Waals surface area contributed by atoms with Crippen molar-refractivity contribution in [3.05, 3.63) is 55.3 Å². The molecule has 1 heteroatoms. The molecule has 0 aliphatic heterocycles. The predicted molar refractivity (Wildman–Crippen MR) is 48.8 cm³/mol. The summed E-state index contributed by atoms with van der Waals surface area (Å²) >= 11 is 0. The highest BCUT2D eigenvalue weighted by Gasteiger charge is 1.91. The van der Waals surface area contributed by atoms with Gasteiger partial charge in [-0.05, 0) is 11.8 Å². The standard InChI is InChI=1S/C10H11N/c1-3-11-9(2)10-7-5-4-6-8-10/h3-8,11H,1-2H2. The molecule has 0 unspecified atom stereocenters. The molecule has 1 aromatic carbocycles. The third kappa shape index (κ3) is 1.97. The zero-order valence-electron chi connectivity index (χ0n) is 6.38. The monoisotopic (exact) mass is 145 g/mol. The molecule has 0 aromatic heterocycles. The summed E-state index contributed by atoms with van der Waals surface area (Å²) in [6, 6.07) is 9.93. The van der Waals surface area contributed by atoms with Gasteiger partial charge in [-0.25, -0.2) is 0 Å². The molecule has 11 heavy (non-hydrogen) atoms. The molecular weight excluding hydrogens is 134 g/mol. The molecular formula is C10H11N. The Morgan fingerprint density at radius 2 is 1.91 bits per heavy atom. The summed E-state index contributed by atoms with van der Waals surface area (Å²) in [5.41, 5.74) is 1.97. The minimum atomic E-state index is 0.876. The van der Waals surface area contributed by atoms with E-state index in [4.69, 9.17) is 0 Å². The third-order valence-electron chi connectivity index (χ3n) is 1.40. The summed E-state index contributed by atoms with van der Waals surface area (Å²) in [5, 5.41) is 2.93. The number of hydrogen-bond donors (Lipinski definition) is 1. The maximum atomic E-state index is 3.83. The van der Waals surface area contributed by atoms with E-state index in [0.29, 0.717) is 0 Å².